The highest BCUT2D eigenvalue weighted by molar-refractivity contribution is 5.99. The van der Waals surface area contributed by atoms with E-state index in [1.54, 1.807) is 0 Å². The first-order valence-corrected chi connectivity index (χ1v) is 11.0. The second kappa shape index (κ2) is 8.24. The molecule has 150 valence electrons. The lowest BCUT2D eigenvalue weighted by atomic mass is 9.87. The minimum Gasteiger partial charge on any atom is -0.0791 e. The van der Waals surface area contributed by atoms with Gasteiger partial charge in [-0.2, -0.15) is 0 Å². The van der Waals surface area contributed by atoms with Crippen LogP contribution in [0.2, 0.25) is 0 Å². The number of hydrogen-bond donors (Lipinski definition) is 0. The average molecular weight is 399 g/mol. The quantitative estimate of drug-likeness (QED) is 0.285. The van der Waals surface area contributed by atoms with E-state index in [9.17, 15) is 0 Å². The molecule has 0 heterocycles. The van der Waals surface area contributed by atoms with Crippen molar-refractivity contribution in [1.82, 2.24) is 0 Å². The number of rotatable bonds is 4. The van der Waals surface area contributed by atoms with Crippen LogP contribution >= 0.6 is 0 Å². The van der Waals surface area contributed by atoms with Crippen molar-refractivity contribution in [2.75, 3.05) is 0 Å². The molecule has 0 aromatic heterocycles. The van der Waals surface area contributed by atoms with Crippen LogP contribution in [0.15, 0.2) is 109 Å². The lowest BCUT2D eigenvalue weighted by Crippen LogP contribution is -1.98. The summed E-state index contributed by atoms with van der Waals surface area (Å²) in [4.78, 5) is 0. The highest BCUT2D eigenvalue weighted by Gasteiger charge is 2.14. The van der Waals surface area contributed by atoms with Gasteiger partial charge in [-0.15, -0.1) is 0 Å². The van der Waals surface area contributed by atoms with E-state index >= 15 is 0 Å². The van der Waals surface area contributed by atoms with Gasteiger partial charge >= 0.3 is 0 Å². The van der Waals surface area contributed by atoms with Crippen LogP contribution in [0.5, 0.6) is 0 Å². The second-order valence-corrected chi connectivity index (χ2v) is 8.15. The molecule has 0 spiro atoms. The monoisotopic (exact) mass is 398 g/mol. The third-order valence-electron chi connectivity index (χ3n) is 6.29. The maximum atomic E-state index is 2.28. The summed E-state index contributed by atoms with van der Waals surface area (Å²) in [5.41, 5.74) is 7.96. The number of fused-ring (bicyclic) bond motifs is 2. The first-order valence-electron chi connectivity index (χ1n) is 11.0. The van der Waals surface area contributed by atoms with Crippen molar-refractivity contribution in [3.63, 3.8) is 0 Å². The highest BCUT2D eigenvalue weighted by atomic mass is 14.2. The van der Waals surface area contributed by atoms with E-state index in [0.29, 0.717) is 0 Å². The molecule has 0 amide bonds. The third kappa shape index (κ3) is 3.55. The SMILES string of the molecule is C/C=C(\c1ccccc1Cc1cccc2ccccc12)c1ccc(C)c2ccccc12. The summed E-state index contributed by atoms with van der Waals surface area (Å²) in [6.07, 6.45) is 3.18. The zero-order chi connectivity index (χ0) is 21.2. The van der Waals surface area contributed by atoms with Gasteiger partial charge in [0.25, 0.3) is 0 Å². The number of hydrogen-bond acceptors (Lipinski definition) is 0. The van der Waals surface area contributed by atoms with Crippen molar-refractivity contribution in [3.8, 4) is 0 Å². The number of aryl methyl sites for hydroxylation is 1. The van der Waals surface area contributed by atoms with Gasteiger partial charge in [0.05, 0.1) is 0 Å². The normalized spacial score (nSPS) is 11.9. The molecule has 0 radical (unpaired) electrons. The Morgan fingerprint density at radius 3 is 2.06 bits per heavy atom. The van der Waals surface area contributed by atoms with Gasteiger partial charge < -0.3 is 0 Å². The summed E-state index contributed by atoms with van der Waals surface area (Å²) >= 11 is 0. The van der Waals surface area contributed by atoms with E-state index in [-0.39, 0.29) is 0 Å². The Morgan fingerprint density at radius 1 is 0.581 bits per heavy atom. The van der Waals surface area contributed by atoms with Crippen molar-refractivity contribution in [2.24, 2.45) is 0 Å². The van der Waals surface area contributed by atoms with Crippen LogP contribution in [0, 0.1) is 6.92 Å². The molecule has 0 atom stereocenters. The standard InChI is InChI=1S/C31H26/c1-3-26(31-20-19-22(2)27-15-8-9-18-30(27)31)29-17-7-5-12-25(29)21-24-14-10-13-23-11-4-6-16-28(23)24/h3-20H,21H2,1-2H3/b26-3+. The summed E-state index contributed by atoms with van der Waals surface area (Å²) in [6.45, 7) is 4.34. The molecule has 0 fully saturated rings. The van der Waals surface area contributed by atoms with Gasteiger partial charge in [0.15, 0.2) is 0 Å². The predicted molar refractivity (Wildman–Crippen MR) is 135 cm³/mol. The van der Waals surface area contributed by atoms with Crippen LogP contribution in [0.1, 0.15) is 34.7 Å². The molecule has 0 aliphatic rings. The van der Waals surface area contributed by atoms with E-state index in [1.807, 2.05) is 0 Å². The van der Waals surface area contributed by atoms with Gasteiger partial charge in [-0.3, -0.25) is 0 Å². The van der Waals surface area contributed by atoms with E-state index in [0.717, 1.165) is 6.42 Å². The molecule has 0 bridgehead atoms. The molecular formula is C31H26. The van der Waals surface area contributed by atoms with Crippen molar-refractivity contribution in [2.45, 2.75) is 20.3 Å². The Morgan fingerprint density at radius 2 is 1.23 bits per heavy atom. The van der Waals surface area contributed by atoms with Gasteiger partial charge in [0, 0.05) is 0 Å². The highest BCUT2D eigenvalue weighted by Crippen LogP contribution is 2.34. The maximum Gasteiger partial charge on any atom is -0.00135 e. The van der Waals surface area contributed by atoms with E-state index in [4.69, 9.17) is 0 Å². The second-order valence-electron chi connectivity index (χ2n) is 8.15. The van der Waals surface area contributed by atoms with Gasteiger partial charge in [-0.25, -0.2) is 0 Å². The first-order chi connectivity index (χ1) is 15.3. The van der Waals surface area contributed by atoms with Crippen LogP contribution in [0.4, 0.5) is 0 Å². The zero-order valence-electron chi connectivity index (χ0n) is 18.1. The maximum absolute atomic E-state index is 2.28. The first kappa shape index (κ1) is 19.3. The van der Waals surface area contributed by atoms with Crippen LogP contribution in [-0.2, 0) is 6.42 Å². The topological polar surface area (TPSA) is 0 Å². The fourth-order valence-electron chi connectivity index (χ4n) is 4.73. The Labute approximate surface area is 184 Å². The minimum absolute atomic E-state index is 0.915. The molecule has 5 aromatic rings. The number of benzene rings is 5. The van der Waals surface area contributed by atoms with Gasteiger partial charge in [-0.05, 0) is 75.2 Å². The molecule has 5 rings (SSSR count). The minimum atomic E-state index is 0.915. The van der Waals surface area contributed by atoms with Crippen molar-refractivity contribution < 1.29 is 0 Å². The Balaban J connectivity index is 1.65. The fourth-order valence-corrected chi connectivity index (χ4v) is 4.73. The predicted octanol–water partition coefficient (Wildman–Crippen LogP) is 8.34. The van der Waals surface area contributed by atoms with E-state index in [2.05, 4.69) is 123 Å². The van der Waals surface area contributed by atoms with Crippen LogP contribution < -0.4 is 0 Å². The van der Waals surface area contributed by atoms with E-state index < -0.39 is 0 Å². The molecular weight excluding hydrogens is 372 g/mol. The third-order valence-corrected chi connectivity index (χ3v) is 6.29. The van der Waals surface area contributed by atoms with Crippen molar-refractivity contribution in [3.05, 3.63) is 137 Å². The molecule has 0 nitrogen and oxygen atoms in total. The number of allylic oxidation sites excluding steroid dienone is 1. The zero-order valence-corrected chi connectivity index (χ0v) is 18.1. The summed E-state index contributed by atoms with van der Waals surface area (Å²) in [5.74, 6) is 0. The summed E-state index contributed by atoms with van der Waals surface area (Å²) in [5, 5.41) is 5.28. The summed E-state index contributed by atoms with van der Waals surface area (Å²) in [6, 6.07) is 37.4. The largest absolute Gasteiger partial charge is 0.0791 e. The molecule has 0 heteroatoms. The smallest absolute Gasteiger partial charge is 0.00135 e. The molecule has 0 aliphatic carbocycles. The van der Waals surface area contributed by atoms with Crippen LogP contribution in [0.3, 0.4) is 0 Å². The van der Waals surface area contributed by atoms with Crippen molar-refractivity contribution >= 4 is 27.1 Å². The lowest BCUT2D eigenvalue weighted by molar-refractivity contribution is 1.20. The van der Waals surface area contributed by atoms with Gasteiger partial charge in [0.1, 0.15) is 0 Å². The molecule has 0 saturated heterocycles. The van der Waals surface area contributed by atoms with Gasteiger partial charge in [-0.1, -0.05) is 109 Å². The molecule has 0 aliphatic heterocycles. The van der Waals surface area contributed by atoms with Crippen LogP contribution in [-0.4, -0.2) is 0 Å². The molecule has 0 N–H and O–H groups in total. The molecule has 0 unspecified atom stereocenters. The molecule has 31 heavy (non-hydrogen) atoms. The van der Waals surface area contributed by atoms with Crippen molar-refractivity contribution in [1.29, 1.82) is 0 Å². The summed E-state index contributed by atoms with van der Waals surface area (Å²) < 4.78 is 0. The van der Waals surface area contributed by atoms with Crippen LogP contribution in [0.25, 0.3) is 27.1 Å². The van der Waals surface area contributed by atoms with E-state index in [1.165, 1.54) is 54.9 Å². The summed E-state index contributed by atoms with van der Waals surface area (Å²) in [7, 11) is 0. The Hall–Kier alpha value is -3.64. The average Bonchev–Trinajstić information content (AvgIpc) is 2.82. The Bertz CT molecular complexity index is 1410. The Kier molecular flexibility index (Phi) is 5.14. The van der Waals surface area contributed by atoms with Gasteiger partial charge in [0.2, 0.25) is 0 Å². The lowest BCUT2D eigenvalue weighted by Gasteiger charge is -2.17. The molecule has 5 aromatic carbocycles. The molecule has 0 saturated carbocycles. The fraction of sp³-hybridized carbons (Fsp3) is 0.0968.